The molecule has 104 valence electrons. The smallest absolute Gasteiger partial charge is 0.303 e. The van der Waals surface area contributed by atoms with Gasteiger partial charge in [-0.1, -0.05) is 18.1 Å². The Balaban J connectivity index is 3.15. The van der Waals surface area contributed by atoms with Crippen molar-refractivity contribution in [2.75, 3.05) is 13.7 Å². The molecule has 0 aromatic heterocycles. The molecule has 0 saturated carbocycles. The van der Waals surface area contributed by atoms with Gasteiger partial charge in [-0.05, 0) is 0 Å². The molecular formula is C14H18O5. The monoisotopic (exact) mass is 266 g/mol. The minimum absolute atomic E-state index is 0.187. The first-order chi connectivity index (χ1) is 9.05. The third kappa shape index (κ3) is 2.87. The number of carbonyl (C=O) groups is 1. The van der Waals surface area contributed by atoms with Crippen molar-refractivity contribution in [2.24, 2.45) is 0 Å². The molecule has 1 heterocycles. The molecule has 0 bridgehead atoms. The molecule has 5 heteroatoms. The summed E-state index contributed by atoms with van der Waals surface area (Å²) in [6.07, 6.45) is 6.29. The molecule has 4 atom stereocenters. The molecule has 1 saturated heterocycles. The molecule has 0 radical (unpaired) electrons. The molecular weight excluding hydrogens is 248 g/mol. The maximum absolute atomic E-state index is 11.2. The van der Waals surface area contributed by atoms with E-state index in [2.05, 4.69) is 19.1 Å². The van der Waals surface area contributed by atoms with E-state index in [4.69, 9.17) is 25.4 Å². The minimum atomic E-state index is -1.28. The van der Waals surface area contributed by atoms with Crippen molar-refractivity contribution in [3.8, 4) is 12.3 Å². The van der Waals surface area contributed by atoms with E-state index in [0.717, 1.165) is 0 Å². The topological polar surface area (TPSA) is 54.0 Å². The van der Waals surface area contributed by atoms with Crippen LogP contribution in [0.1, 0.15) is 6.92 Å². The van der Waals surface area contributed by atoms with Gasteiger partial charge >= 0.3 is 5.97 Å². The first kappa shape index (κ1) is 15.4. The lowest BCUT2D eigenvalue weighted by molar-refractivity contribution is -0.181. The van der Waals surface area contributed by atoms with E-state index in [1.54, 1.807) is 6.08 Å². The average Bonchev–Trinajstić information content (AvgIpc) is 2.69. The van der Waals surface area contributed by atoms with Crippen molar-refractivity contribution in [1.29, 1.82) is 0 Å². The SMILES string of the molecule is C#C[C@@]1(OCC=C)[C@@H](C=C)O[C@H](OC)[C@@H]1OC(C)=O. The Labute approximate surface area is 113 Å². The van der Waals surface area contributed by atoms with Crippen LogP contribution in [-0.4, -0.2) is 43.8 Å². The van der Waals surface area contributed by atoms with Gasteiger partial charge in [0.05, 0.1) is 6.61 Å². The molecule has 5 nitrogen and oxygen atoms in total. The highest BCUT2D eigenvalue weighted by Crippen LogP contribution is 2.37. The van der Waals surface area contributed by atoms with Crippen LogP contribution in [-0.2, 0) is 23.7 Å². The first-order valence-electron chi connectivity index (χ1n) is 5.76. The minimum Gasteiger partial charge on any atom is -0.453 e. The lowest BCUT2D eigenvalue weighted by atomic mass is 9.92. The van der Waals surface area contributed by atoms with Gasteiger partial charge < -0.3 is 18.9 Å². The van der Waals surface area contributed by atoms with Crippen molar-refractivity contribution in [3.63, 3.8) is 0 Å². The Kier molecular flexibility index (Phi) is 5.31. The van der Waals surface area contributed by atoms with E-state index in [1.807, 2.05) is 0 Å². The summed E-state index contributed by atoms with van der Waals surface area (Å²) < 4.78 is 21.5. The number of ether oxygens (including phenoxy) is 4. The number of terminal acetylenes is 1. The van der Waals surface area contributed by atoms with Crippen LogP contribution in [0.4, 0.5) is 0 Å². The van der Waals surface area contributed by atoms with Crippen LogP contribution < -0.4 is 0 Å². The van der Waals surface area contributed by atoms with Gasteiger partial charge in [-0.3, -0.25) is 4.79 Å². The number of hydrogen-bond donors (Lipinski definition) is 0. The molecule has 0 amide bonds. The number of methoxy groups -OCH3 is 1. The summed E-state index contributed by atoms with van der Waals surface area (Å²) in [4.78, 5) is 11.2. The second-order valence-corrected chi connectivity index (χ2v) is 3.96. The van der Waals surface area contributed by atoms with E-state index in [-0.39, 0.29) is 6.61 Å². The van der Waals surface area contributed by atoms with Crippen molar-refractivity contribution in [3.05, 3.63) is 25.3 Å². The van der Waals surface area contributed by atoms with Gasteiger partial charge in [-0.15, -0.1) is 19.6 Å². The van der Waals surface area contributed by atoms with Crippen molar-refractivity contribution in [1.82, 2.24) is 0 Å². The number of hydrogen-bond acceptors (Lipinski definition) is 5. The molecule has 0 aromatic carbocycles. The van der Waals surface area contributed by atoms with Crippen LogP contribution in [0.5, 0.6) is 0 Å². The van der Waals surface area contributed by atoms with Gasteiger partial charge in [0.1, 0.15) is 6.10 Å². The Morgan fingerprint density at radius 3 is 2.68 bits per heavy atom. The maximum atomic E-state index is 11.2. The quantitative estimate of drug-likeness (QED) is 0.408. The molecule has 19 heavy (non-hydrogen) atoms. The van der Waals surface area contributed by atoms with Gasteiger partial charge in [0.25, 0.3) is 0 Å². The van der Waals surface area contributed by atoms with Crippen LogP contribution in [0.15, 0.2) is 25.3 Å². The van der Waals surface area contributed by atoms with Gasteiger partial charge in [-0.2, -0.15) is 0 Å². The molecule has 1 aliphatic heterocycles. The summed E-state index contributed by atoms with van der Waals surface area (Å²) in [7, 11) is 1.43. The maximum Gasteiger partial charge on any atom is 0.303 e. The third-order valence-corrected chi connectivity index (χ3v) is 2.78. The summed E-state index contributed by atoms with van der Waals surface area (Å²) >= 11 is 0. The fourth-order valence-corrected chi connectivity index (χ4v) is 1.98. The summed E-state index contributed by atoms with van der Waals surface area (Å²) in [6.45, 7) is 8.68. The van der Waals surface area contributed by atoms with Crippen LogP contribution in [0.2, 0.25) is 0 Å². The van der Waals surface area contributed by atoms with E-state index < -0.39 is 30.1 Å². The second kappa shape index (κ2) is 6.53. The molecule has 1 rings (SSSR count). The lowest BCUT2D eigenvalue weighted by Crippen LogP contribution is -2.51. The second-order valence-electron chi connectivity index (χ2n) is 3.96. The van der Waals surface area contributed by atoms with Crippen LogP contribution in [0.3, 0.4) is 0 Å². The van der Waals surface area contributed by atoms with Crippen LogP contribution in [0, 0.1) is 12.3 Å². The normalized spacial score (nSPS) is 33.4. The van der Waals surface area contributed by atoms with Crippen LogP contribution in [0.25, 0.3) is 0 Å². The molecule has 0 aliphatic carbocycles. The Bertz CT molecular complexity index is 397. The first-order valence-corrected chi connectivity index (χ1v) is 5.76. The van der Waals surface area contributed by atoms with Crippen LogP contribution >= 0.6 is 0 Å². The third-order valence-electron chi connectivity index (χ3n) is 2.78. The van der Waals surface area contributed by atoms with E-state index in [9.17, 15) is 4.79 Å². The number of carbonyl (C=O) groups excluding carboxylic acids is 1. The number of rotatable bonds is 6. The van der Waals surface area contributed by atoms with Crippen molar-refractivity contribution in [2.45, 2.75) is 31.0 Å². The standard InChI is InChI=1S/C14H18O5/c1-6-9-17-14(8-3)11(7-2)19-13(16-5)12(14)18-10(4)15/h3,6-7,11-13H,1-2,9H2,4-5H3/t11-,12+,13+,14-/m1/s1. The Morgan fingerprint density at radius 1 is 1.58 bits per heavy atom. The van der Waals surface area contributed by atoms with E-state index in [0.29, 0.717) is 0 Å². The number of esters is 1. The summed E-state index contributed by atoms with van der Waals surface area (Å²) in [5, 5.41) is 0. The molecule has 1 fully saturated rings. The highest BCUT2D eigenvalue weighted by Gasteiger charge is 2.58. The predicted molar refractivity (Wildman–Crippen MR) is 69.1 cm³/mol. The highest BCUT2D eigenvalue weighted by molar-refractivity contribution is 5.66. The highest BCUT2D eigenvalue weighted by atomic mass is 16.7. The van der Waals surface area contributed by atoms with E-state index >= 15 is 0 Å². The zero-order valence-corrected chi connectivity index (χ0v) is 11.1. The summed E-state index contributed by atoms with van der Waals surface area (Å²) in [5.74, 6) is 2.01. The van der Waals surface area contributed by atoms with Crippen molar-refractivity contribution >= 4 is 5.97 Å². The largest absolute Gasteiger partial charge is 0.453 e. The fraction of sp³-hybridized carbons (Fsp3) is 0.500. The van der Waals surface area contributed by atoms with Crippen molar-refractivity contribution < 1.29 is 23.7 Å². The molecule has 0 spiro atoms. The molecule has 0 aromatic rings. The molecule has 1 aliphatic rings. The summed E-state index contributed by atoms with van der Waals surface area (Å²) in [5.41, 5.74) is -1.28. The average molecular weight is 266 g/mol. The zero-order chi connectivity index (χ0) is 14.5. The van der Waals surface area contributed by atoms with E-state index in [1.165, 1.54) is 20.1 Å². The van der Waals surface area contributed by atoms with Gasteiger partial charge in [0, 0.05) is 14.0 Å². The Hall–Kier alpha value is -1.61. The van der Waals surface area contributed by atoms with Gasteiger partial charge in [0.15, 0.2) is 18.0 Å². The Morgan fingerprint density at radius 2 is 2.26 bits per heavy atom. The van der Waals surface area contributed by atoms with Gasteiger partial charge in [-0.25, -0.2) is 0 Å². The lowest BCUT2D eigenvalue weighted by Gasteiger charge is -2.31. The fourth-order valence-electron chi connectivity index (χ4n) is 1.98. The van der Waals surface area contributed by atoms with Gasteiger partial charge in [0.2, 0.25) is 0 Å². The summed E-state index contributed by atoms with van der Waals surface area (Å²) in [6, 6.07) is 0. The molecule has 0 unspecified atom stereocenters. The molecule has 0 N–H and O–H groups in total. The predicted octanol–water partition coefficient (Wildman–Crippen LogP) is 1.05. The zero-order valence-electron chi connectivity index (χ0n) is 11.1.